The maximum atomic E-state index is 10.7. The van der Waals surface area contributed by atoms with Crippen LogP contribution in [0.5, 0.6) is 5.75 Å². The highest BCUT2D eigenvalue weighted by molar-refractivity contribution is 5.75. The quantitative estimate of drug-likeness (QED) is 0.694. The number of aromatic hydroxyl groups is 1. The molecule has 0 atom stereocenters. The zero-order valence-electron chi connectivity index (χ0n) is 9.32. The van der Waals surface area contributed by atoms with Gasteiger partial charge in [-0.2, -0.15) is 0 Å². The second-order valence-electron chi connectivity index (χ2n) is 3.87. The van der Waals surface area contributed by atoms with Crippen molar-refractivity contribution >= 4 is 11.9 Å². The van der Waals surface area contributed by atoms with Gasteiger partial charge in [0.1, 0.15) is 5.75 Å². The maximum Gasteiger partial charge on any atom is 0.182 e. The molecule has 0 spiro atoms. The highest BCUT2D eigenvalue weighted by atomic mass is 16.3. The van der Waals surface area contributed by atoms with Crippen LogP contribution in [0, 0.1) is 0 Å². The van der Waals surface area contributed by atoms with Crippen LogP contribution in [-0.2, 0) is 0 Å². The van der Waals surface area contributed by atoms with Crippen LogP contribution in [-0.4, -0.2) is 26.0 Å². The van der Waals surface area contributed by atoms with E-state index in [4.69, 9.17) is 0 Å². The first-order chi connectivity index (χ1) is 8.76. The number of aldehydes is 1. The topological polar surface area (TPSA) is 67.5 Å². The van der Waals surface area contributed by atoms with E-state index in [2.05, 4.69) is 10.1 Å². The van der Waals surface area contributed by atoms with Crippen molar-refractivity contribution in [1.82, 2.24) is 14.6 Å². The molecule has 0 saturated carbocycles. The lowest BCUT2D eigenvalue weighted by atomic mass is 10.2. The fourth-order valence-corrected chi connectivity index (χ4v) is 1.74. The van der Waals surface area contributed by atoms with E-state index in [9.17, 15) is 9.90 Å². The Morgan fingerprint density at radius 2 is 2.11 bits per heavy atom. The fourth-order valence-electron chi connectivity index (χ4n) is 1.74. The Kier molecular flexibility index (Phi) is 2.30. The van der Waals surface area contributed by atoms with Gasteiger partial charge in [-0.25, -0.2) is 9.50 Å². The molecular weight excluding hydrogens is 230 g/mol. The van der Waals surface area contributed by atoms with E-state index in [-0.39, 0.29) is 5.75 Å². The average Bonchev–Trinajstić information content (AvgIpc) is 2.81. The third kappa shape index (κ3) is 1.71. The Morgan fingerprint density at radius 3 is 2.89 bits per heavy atom. The number of carbonyl (C=O) groups is 1. The van der Waals surface area contributed by atoms with Crippen molar-refractivity contribution < 1.29 is 9.90 Å². The van der Waals surface area contributed by atoms with E-state index < -0.39 is 0 Å². The summed E-state index contributed by atoms with van der Waals surface area (Å²) in [5, 5.41) is 13.7. The molecule has 2 aromatic heterocycles. The van der Waals surface area contributed by atoms with Crippen LogP contribution in [0.15, 0.2) is 42.6 Å². The first kappa shape index (κ1) is 10.5. The van der Waals surface area contributed by atoms with E-state index in [0.717, 1.165) is 11.8 Å². The van der Waals surface area contributed by atoms with Crippen LogP contribution < -0.4 is 0 Å². The van der Waals surface area contributed by atoms with Gasteiger partial charge in [0.05, 0.1) is 0 Å². The molecule has 2 heterocycles. The molecule has 0 aliphatic heterocycles. The van der Waals surface area contributed by atoms with E-state index in [1.54, 1.807) is 41.0 Å². The monoisotopic (exact) mass is 239 g/mol. The van der Waals surface area contributed by atoms with Crippen LogP contribution in [0.4, 0.5) is 0 Å². The zero-order chi connectivity index (χ0) is 12.5. The number of fused-ring (bicyclic) bond motifs is 1. The predicted molar refractivity (Wildman–Crippen MR) is 65.5 cm³/mol. The molecule has 3 aromatic rings. The molecule has 1 N–H and O–H groups in total. The number of rotatable bonds is 2. The van der Waals surface area contributed by atoms with Crippen molar-refractivity contribution in [1.29, 1.82) is 0 Å². The normalized spacial score (nSPS) is 10.7. The highest BCUT2D eigenvalue weighted by Crippen LogP contribution is 2.20. The third-order valence-corrected chi connectivity index (χ3v) is 2.59. The van der Waals surface area contributed by atoms with Gasteiger partial charge in [0.25, 0.3) is 0 Å². The number of benzene rings is 1. The van der Waals surface area contributed by atoms with Crippen molar-refractivity contribution in [3.8, 4) is 17.1 Å². The van der Waals surface area contributed by atoms with E-state index >= 15 is 0 Å². The summed E-state index contributed by atoms with van der Waals surface area (Å²) in [6, 6.07) is 10.1. The van der Waals surface area contributed by atoms with E-state index in [1.165, 1.54) is 0 Å². The smallest absolute Gasteiger partial charge is 0.182 e. The van der Waals surface area contributed by atoms with Crippen molar-refractivity contribution in [3.63, 3.8) is 0 Å². The Bertz CT molecular complexity index is 734. The molecule has 0 radical (unpaired) electrons. The van der Waals surface area contributed by atoms with Crippen LogP contribution >= 0.6 is 0 Å². The molecule has 0 aliphatic rings. The maximum absolute atomic E-state index is 10.7. The van der Waals surface area contributed by atoms with Crippen molar-refractivity contribution in [2.24, 2.45) is 0 Å². The summed E-state index contributed by atoms with van der Waals surface area (Å²) >= 11 is 0. The second kappa shape index (κ2) is 3.96. The lowest BCUT2D eigenvalue weighted by Gasteiger charge is -1.94. The second-order valence-corrected chi connectivity index (χ2v) is 3.87. The standard InChI is InChI=1S/C13H9N3O2/c17-8-9-4-5-12-14-13(15-16(12)7-9)10-2-1-3-11(18)6-10/h1-8,18H. The van der Waals surface area contributed by atoms with Gasteiger partial charge in [0.2, 0.25) is 0 Å². The molecule has 0 saturated heterocycles. The number of nitrogens with zero attached hydrogens (tertiary/aromatic N) is 3. The van der Waals surface area contributed by atoms with E-state index in [0.29, 0.717) is 17.0 Å². The number of hydrogen-bond acceptors (Lipinski definition) is 4. The van der Waals surface area contributed by atoms with Crippen molar-refractivity contribution in [2.45, 2.75) is 0 Å². The molecule has 0 bridgehead atoms. The molecule has 0 unspecified atom stereocenters. The number of carbonyl (C=O) groups excluding carboxylic acids is 1. The third-order valence-electron chi connectivity index (χ3n) is 2.59. The number of phenolic OH excluding ortho intramolecular Hbond substituents is 1. The summed E-state index contributed by atoms with van der Waals surface area (Å²) < 4.78 is 1.54. The van der Waals surface area contributed by atoms with Gasteiger partial charge in [0.15, 0.2) is 17.8 Å². The molecule has 88 valence electrons. The summed E-state index contributed by atoms with van der Waals surface area (Å²) in [5.41, 5.74) is 1.92. The molecule has 0 aliphatic carbocycles. The number of pyridine rings is 1. The van der Waals surface area contributed by atoms with Crippen LogP contribution in [0.1, 0.15) is 10.4 Å². The Labute approximate surface area is 102 Å². The molecule has 1 aromatic carbocycles. The largest absolute Gasteiger partial charge is 0.508 e. The minimum absolute atomic E-state index is 0.167. The first-order valence-electron chi connectivity index (χ1n) is 5.37. The summed E-state index contributed by atoms with van der Waals surface area (Å²) in [7, 11) is 0. The van der Waals surface area contributed by atoms with E-state index in [1.807, 2.05) is 6.07 Å². The van der Waals surface area contributed by atoms with Gasteiger partial charge in [0, 0.05) is 17.3 Å². The van der Waals surface area contributed by atoms with Crippen molar-refractivity contribution in [2.75, 3.05) is 0 Å². The van der Waals surface area contributed by atoms with Gasteiger partial charge in [-0.1, -0.05) is 12.1 Å². The summed E-state index contributed by atoms with van der Waals surface area (Å²) in [5.74, 6) is 0.675. The first-order valence-corrected chi connectivity index (χ1v) is 5.37. The average molecular weight is 239 g/mol. The lowest BCUT2D eigenvalue weighted by Crippen LogP contribution is -1.90. The fraction of sp³-hybridized carbons (Fsp3) is 0. The molecule has 0 fully saturated rings. The lowest BCUT2D eigenvalue weighted by molar-refractivity contribution is 0.112. The minimum Gasteiger partial charge on any atom is -0.508 e. The predicted octanol–water partition coefficient (Wildman–Crippen LogP) is 1.91. The van der Waals surface area contributed by atoms with Gasteiger partial charge < -0.3 is 5.11 Å². The number of hydrogen-bond donors (Lipinski definition) is 1. The molecule has 18 heavy (non-hydrogen) atoms. The molecular formula is C13H9N3O2. The van der Waals surface area contributed by atoms with Crippen molar-refractivity contribution in [3.05, 3.63) is 48.2 Å². The highest BCUT2D eigenvalue weighted by Gasteiger charge is 2.07. The van der Waals surface area contributed by atoms with Crippen LogP contribution in [0.25, 0.3) is 17.0 Å². The summed E-state index contributed by atoms with van der Waals surface area (Å²) in [6.45, 7) is 0. The molecule has 3 rings (SSSR count). The summed E-state index contributed by atoms with van der Waals surface area (Å²) in [4.78, 5) is 15.0. The SMILES string of the molecule is O=Cc1ccc2nc(-c3cccc(O)c3)nn2c1. The molecule has 5 heteroatoms. The zero-order valence-corrected chi connectivity index (χ0v) is 9.32. The number of aromatic nitrogens is 3. The molecule has 5 nitrogen and oxygen atoms in total. The van der Waals surface area contributed by atoms with Crippen LogP contribution in [0.3, 0.4) is 0 Å². The Morgan fingerprint density at radius 1 is 1.22 bits per heavy atom. The van der Waals surface area contributed by atoms with Gasteiger partial charge >= 0.3 is 0 Å². The summed E-state index contributed by atoms with van der Waals surface area (Å²) in [6.07, 6.45) is 2.37. The minimum atomic E-state index is 0.167. The van der Waals surface area contributed by atoms with Crippen LogP contribution in [0.2, 0.25) is 0 Å². The molecule has 0 amide bonds. The van der Waals surface area contributed by atoms with Gasteiger partial charge in [-0.05, 0) is 24.3 Å². The Balaban J connectivity index is 2.16. The Hall–Kier alpha value is -2.69. The van der Waals surface area contributed by atoms with Gasteiger partial charge in [-0.3, -0.25) is 4.79 Å². The number of phenols is 1. The van der Waals surface area contributed by atoms with Gasteiger partial charge in [-0.15, -0.1) is 5.10 Å².